The van der Waals surface area contributed by atoms with Gasteiger partial charge in [-0.25, -0.2) is 0 Å². The van der Waals surface area contributed by atoms with Crippen LogP contribution >= 0.6 is 0 Å². The molecule has 1 atom stereocenters. The van der Waals surface area contributed by atoms with Crippen LogP contribution in [0.2, 0.25) is 0 Å². The van der Waals surface area contributed by atoms with Gasteiger partial charge in [0.1, 0.15) is 0 Å². The van der Waals surface area contributed by atoms with Crippen LogP contribution < -0.4 is 5.32 Å². The Hall–Kier alpha value is -0.120. The Morgan fingerprint density at radius 3 is 2.32 bits per heavy atom. The van der Waals surface area contributed by atoms with E-state index in [1.165, 1.54) is 38.9 Å². The van der Waals surface area contributed by atoms with Crippen molar-refractivity contribution in [2.45, 2.75) is 70.6 Å². The second kappa shape index (κ2) is 5.71. The van der Waals surface area contributed by atoms with Gasteiger partial charge in [0.05, 0.1) is 11.2 Å². The normalized spacial score (nSPS) is 30.9. The van der Waals surface area contributed by atoms with E-state index in [1.807, 2.05) is 0 Å². The zero-order valence-corrected chi connectivity index (χ0v) is 13.5. The van der Waals surface area contributed by atoms with Crippen LogP contribution in [-0.2, 0) is 4.74 Å². The molecule has 2 heterocycles. The summed E-state index contributed by atoms with van der Waals surface area (Å²) < 4.78 is 6.21. The first-order chi connectivity index (χ1) is 8.80. The predicted molar refractivity (Wildman–Crippen MR) is 80.5 cm³/mol. The van der Waals surface area contributed by atoms with Gasteiger partial charge in [0, 0.05) is 6.04 Å². The largest absolute Gasteiger partial charge is 0.368 e. The summed E-state index contributed by atoms with van der Waals surface area (Å²) in [6.45, 7) is 12.5. The highest BCUT2D eigenvalue weighted by Gasteiger charge is 2.47. The molecule has 1 N–H and O–H groups in total. The van der Waals surface area contributed by atoms with E-state index in [1.54, 1.807) is 0 Å². The summed E-state index contributed by atoms with van der Waals surface area (Å²) >= 11 is 0. The standard InChI is InChI=1S/C16H32N2O/c1-15(2)12-14(16(3,4)19-15)18(5)11-8-13-6-9-17-10-7-13/h13-14,17H,6-12H2,1-5H3. The number of hydrogen-bond donors (Lipinski definition) is 1. The zero-order chi connectivity index (χ0) is 14.1. The molecule has 0 aromatic heterocycles. The molecule has 2 aliphatic heterocycles. The van der Waals surface area contributed by atoms with Crippen LogP contribution in [0.25, 0.3) is 0 Å². The van der Waals surface area contributed by atoms with E-state index in [4.69, 9.17) is 4.74 Å². The molecule has 3 heteroatoms. The minimum Gasteiger partial charge on any atom is -0.368 e. The van der Waals surface area contributed by atoms with Crippen molar-refractivity contribution < 1.29 is 4.74 Å². The van der Waals surface area contributed by atoms with E-state index in [-0.39, 0.29) is 11.2 Å². The first-order valence-electron chi connectivity index (χ1n) is 7.91. The van der Waals surface area contributed by atoms with Gasteiger partial charge >= 0.3 is 0 Å². The fourth-order valence-corrected chi connectivity index (χ4v) is 3.93. The van der Waals surface area contributed by atoms with Gasteiger partial charge in [0.15, 0.2) is 0 Å². The molecule has 3 nitrogen and oxygen atoms in total. The van der Waals surface area contributed by atoms with Crippen LogP contribution in [0.1, 0.15) is 53.4 Å². The van der Waals surface area contributed by atoms with Crippen LogP contribution in [0.15, 0.2) is 0 Å². The van der Waals surface area contributed by atoms with E-state index in [0.29, 0.717) is 6.04 Å². The average molecular weight is 268 g/mol. The maximum absolute atomic E-state index is 6.21. The Morgan fingerprint density at radius 1 is 1.16 bits per heavy atom. The molecule has 0 spiro atoms. The van der Waals surface area contributed by atoms with Gasteiger partial charge < -0.3 is 15.0 Å². The second-order valence-corrected chi connectivity index (χ2v) is 7.65. The lowest BCUT2D eigenvalue weighted by molar-refractivity contribution is -0.0788. The Bertz CT molecular complexity index is 295. The number of nitrogens with one attached hydrogen (secondary N) is 1. The predicted octanol–water partition coefficient (Wildman–Crippen LogP) is 2.65. The molecule has 2 fully saturated rings. The van der Waals surface area contributed by atoms with E-state index in [2.05, 4.69) is 45.0 Å². The molecule has 0 saturated carbocycles. The molecule has 2 saturated heterocycles. The van der Waals surface area contributed by atoms with Gasteiger partial charge in [0.25, 0.3) is 0 Å². The molecule has 0 bridgehead atoms. The van der Waals surface area contributed by atoms with Crippen molar-refractivity contribution in [2.24, 2.45) is 5.92 Å². The summed E-state index contributed by atoms with van der Waals surface area (Å²) in [7, 11) is 2.28. The number of likely N-dealkylation sites (N-methyl/N-ethyl adjacent to an activating group) is 1. The smallest absolute Gasteiger partial charge is 0.0789 e. The molecule has 1 unspecified atom stereocenters. The van der Waals surface area contributed by atoms with E-state index < -0.39 is 0 Å². The lowest BCUT2D eigenvalue weighted by Gasteiger charge is -2.35. The first kappa shape index (κ1) is 15.3. The molecule has 0 aliphatic carbocycles. The van der Waals surface area contributed by atoms with E-state index in [9.17, 15) is 0 Å². The first-order valence-corrected chi connectivity index (χ1v) is 7.91. The van der Waals surface area contributed by atoms with Crippen LogP contribution in [0.3, 0.4) is 0 Å². The Labute approximate surface area is 119 Å². The summed E-state index contributed by atoms with van der Waals surface area (Å²) in [5.41, 5.74) is 0.00353. The van der Waals surface area contributed by atoms with Crippen LogP contribution in [0.4, 0.5) is 0 Å². The molecule has 2 aliphatic rings. The quantitative estimate of drug-likeness (QED) is 0.848. The van der Waals surface area contributed by atoms with Crippen LogP contribution in [0.5, 0.6) is 0 Å². The summed E-state index contributed by atoms with van der Waals surface area (Å²) in [5.74, 6) is 0.919. The summed E-state index contributed by atoms with van der Waals surface area (Å²) in [4.78, 5) is 2.54. The molecule has 0 aromatic carbocycles. The Kier molecular flexibility index (Phi) is 4.59. The molecule has 0 amide bonds. The highest BCUT2D eigenvalue weighted by molar-refractivity contribution is 4.99. The highest BCUT2D eigenvalue weighted by Crippen LogP contribution is 2.39. The third-order valence-corrected chi connectivity index (χ3v) is 4.91. The molecule has 112 valence electrons. The summed E-state index contributed by atoms with van der Waals surface area (Å²) in [6.07, 6.45) is 5.18. The van der Waals surface area contributed by atoms with Gasteiger partial charge in [-0.05, 0) is 86.0 Å². The van der Waals surface area contributed by atoms with Gasteiger partial charge in [0.2, 0.25) is 0 Å². The van der Waals surface area contributed by atoms with Gasteiger partial charge in [-0.2, -0.15) is 0 Å². The van der Waals surface area contributed by atoms with Crippen molar-refractivity contribution in [2.75, 3.05) is 26.7 Å². The number of ether oxygens (including phenoxy) is 1. The van der Waals surface area contributed by atoms with Gasteiger partial charge in [-0.15, -0.1) is 0 Å². The Balaban J connectivity index is 1.83. The van der Waals surface area contributed by atoms with Gasteiger partial charge in [-0.3, -0.25) is 0 Å². The monoisotopic (exact) mass is 268 g/mol. The lowest BCUT2D eigenvalue weighted by atomic mass is 9.91. The van der Waals surface area contributed by atoms with Crippen LogP contribution in [-0.4, -0.2) is 48.8 Å². The van der Waals surface area contributed by atoms with Crippen molar-refractivity contribution in [1.82, 2.24) is 10.2 Å². The number of piperidine rings is 1. The fraction of sp³-hybridized carbons (Fsp3) is 1.00. The third kappa shape index (κ3) is 3.93. The minimum absolute atomic E-state index is 0.0215. The Morgan fingerprint density at radius 2 is 1.79 bits per heavy atom. The number of nitrogens with zero attached hydrogens (tertiary/aromatic N) is 1. The highest BCUT2D eigenvalue weighted by atomic mass is 16.5. The maximum Gasteiger partial charge on any atom is 0.0789 e. The maximum atomic E-state index is 6.21. The lowest BCUT2D eigenvalue weighted by Crippen LogP contribution is -2.45. The summed E-state index contributed by atoms with van der Waals surface area (Å²) in [5, 5.41) is 3.45. The van der Waals surface area contributed by atoms with Crippen molar-refractivity contribution in [3.63, 3.8) is 0 Å². The van der Waals surface area contributed by atoms with Crippen molar-refractivity contribution in [1.29, 1.82) is 0 Å². The average Bonchev–Trinajstić information content (AvgIpc) is 2.56. The SMILES string of the molecule is CN(CCC1CCNCC1)C1CC(C)(C)OC1(C)C. The molecular formula is C16H32N2O. The van der Waals surface area contributed by atoms with Gasteiger partial charge in [-0.1, -0.05) is 0 Å². The van der Waals surface area contributed by atoms with Crippen molar-refractivity contribution >= 4 is 0 Å². The molecule has 19 heavy (non-hydrogen) atoms. The van der Waals surface area contributed by atoms with Crippen molar-refractivity contribution in [3.8, 4) is 0 Å². The van der Waals surface area contributed by atoms with E-state index >= 15 is 0 Å². The van der Waals surface area contributed by atoms with E-state index in [0.717, 1.165) is 12.3 Å². The topological polar surface area (TPSA) is 24.5 Å². The van der Waals surface area contributed by atoms with Crippen molar-refractivity contribution in [3.05, 3.63) is 0 Å². The molecule has 0 aromatic rings. The van der Waals surface area contributed by atoms with Crippen LogP contribution in [0, 0.1) is 5.92 Å². The third-order valence-electron chi connectivity index (χ3n) is 4.91. The molecular weight excluding hydrogens is 236 g/mol. The molecule has 2 rings (SSSR count). The summed E-state index contributed by atoms with van der Waals surface area (Å²) in [6, 6.07) is 0.546. The number of hydrogen-bond acceptors (Lipinski definition) is 3. The fourth-order valence-electron chi connectivity index (χ4n) is 3.93. The minimum atomic E-state index is -0.0215. The second-order valence-electron chi connectivity index (χ2n) is 7.65. The molecule has 0 radical (unpaired) electrons. The zero-order valence-electron chi connectivity index (χ0n) is 13.5. The number of rotatable bonds is 4.